The molecule has 5 nitrogen and oxygen atoms in total. The maximum absolute atomic E-state index is 5.53. The van der Waals surface area contributed by atoms with Crippen LogP contribution in [0.1, 0.15) is 32.5 Å². The van der Waals surface area contributed by atoms with Gasteiger partial charge in [0.2, 0.25) is 0 Å². The van der Waals surface area contributed by atoms with Gasteiger partial charge >= 0.3 is 0 Å². The molecule has 3 N–H and O–H groups in total. The predicted octanol–water partition coefficient (Wildman–Crippen LogP) is 1.78. The first-order valence-electron chi connectivity index (χ1n) is 6.60. The van der Waals surface area contributed by atoms with Crippen LogP contribution in [-0.2, 0) is 0 Å². The molecule has 0 aromatic carbocycles. The van der Waals surface area contributed by atoms with Crippen LogP contribution in [0.4, 0.5) is 11.6 Å². The van der Waals surface area contributed by atoms with Crippen molar-refractivity contribution in [2.45, 2.75) is 39.7 Å². The first-order chi connectivity index (χ1) is 8.56. The summed E-state index contributed by atoms with van der Waals surface area (Å²) in [6.45, 7) is 7.83. The molecule has 0 saturated carbocycles. The fraction of sp³-hybridized carbons (Fsp3) is 0.692. The maximum Gasteiger partial charge on any atom is 0.134 e. The Kier molecular flexibility index (Phi) is 5.85. The largest absolute Gasteiger partial charge is 0.367 e. The summed E-state index contributed by atoms with van der Waals surface area (Å²) in [5, 5.41) is 3.38. The Bertz CT molecular complexity index is 366. The van der Waals surface area contributed by atoms with Crippen LogP contribution in [0.5, 0.6) is 0 Å². The first kappa shape index (κ1) is 14.7. The number of nitrogens with two attached hydrogens (primary N) is 1. The van der Waals surface area contributed by atoms with Crippen LogP contribution >= 0.6 is 0 Å². The third kappa shape index (κ3) is 4.49. The lowest BCUT2D eigenvalue weighted by atomic mass is 10.2. The zero-order chi connectivity index (χ0) is 13.5. The van der Waals surface area contributed by atoms with E-state index in [0.717, 1.165) is 36.8 Å². The lowest BCUT2D eigenvalue weighted by Gasteiger charge is -2.20. The van der Waals surface area contributed by atoms with Gasteiger partial charge in [-0.2, -0.15) is 0 Å². The number of aryl methyl sites for hydroxylation is 1. The number of nitrogens with one attached hydrogen (secondary N) is 1. The van der Waals surface area contributed by atoms with Gasteiger partial charge in [0.05, 0.1) is 0 Å². The van der Waals surface area contributed by atoms with Crippen LogP contribution in [0.2, 0.25) is 0 Å². The van der Waals surface area contributed by atoms with Crippen molar-refractivity contribution in [1.82, 2.24) is 9.97 Å². The fourth-order valence-corrected chi connectivity index (χ4v) is 1.62. The monoisotopic (exact) mass is 251 g/mol. The van der Waals surface area contributed by atoms with Crippen LogP contribution in [0.15, 0.2) is 6.07 Å². The van der Waals surface area contributed by atoms with Gasteiger partial charge in [0.25, 0.3) is 0 Å². The molecule has 1 rings (SSSR count). The van der Waals surface area contributed by atoms with Crippen LogP contribution in [0.25, 0.3) is 0 Å². The standard InChI is InChI=1S/C13H25N5/c1-5-10(2)15-12-9-13(17-11(3)16-12)18(4)8-6-7-14/h9-10H,5-8,14H2,1-4H3,(H,15,16,17). The van der Waals surface area contributed by atoms with Crippen molar-refractivity contribution < 1.29 is 0 Å². The van der Waals surface area contributed by atoms with E-state index in [1.54, 1.807) is 0 Å². The summed E-state index contributed by atoms with van der Waals surface area (Å²) in [6, 6.07) is 2.41. The molecule has 0 aliphatic carbocycles. The van der Waals surface area contributed by atoms with Gasteiger partial charge in [0.15, 0.2) is 0 Å². The van der Waals surface area contributed by atoms with Gasteiger partial charge < -0.3 is 16.0 Å². The second-order valence-electron chi connectivity index (χ2n) is 4.68. The van der Waals surface area contributed by atoms with Crippen LogP contribution < -0.4 is 16.0 Å². The third-order valence-electron chi connectivity index (χ3n) is 2.92. The molecule has 0 bridgehead atoms. The van der Waals surface area contributed by atoms with Gasteiger partial charge in [0, 0.05) is 25.7 Å². The van der Waals surface area contributed by atoms with Crippen molar-refractivity contribution >= 4 is 11.6 Å². The Morgan fingerprint density at radius 2 is 2.17 bits per heavy atom. The Morgan fingerprint density at radius 3 is 2.78 bits per heavy atom. The Balaban J connectivity index is 2.79. The number of aromatic nitrogens is 2. The van der Waals surface area contributed by atoms with Crippen molar-refractivity contribution in [3.63, 3.8) is 0 Å². The van der Waals surface area contributed by atoms with E-state index in [4.69, 9.17) is 5.73 Å². The topological polar surface area (TPSA) is 67.1 Å². The molecule has 0 aliphatic heterocycles. The molecule has 1 aromatic rings. The van der Waals surface area contributed by atoms with Crippen LogP contribution in [0.3, 0.4) is 0 Å². The maximum atomic E-state index is 5.53. The summed E-state index contributed by atoms with van der Waals surface area (Å²) in [6.07, 6.45) is 2.04. The van der Waals surface area contributed by atoms with Crippen LogP contribution in [-0.4, -0.2) is 36.1 Å². The molecule has 1 unspecified atom stereocenters. The Morgan fingerprint density at radius 1 is 1.44 bits per heavy atom. The summed E-state index contributed by atoms with van der Waals surface area (Å²) in [5.74, 6) is 2.63. The zero-order valence-electron chi connectivity index (χ0n) is 11.9. The smallest absolute Gasteiger partial charge is 0.134 e. The van der Waals surface area contributed by atoms with E-state index in [-0.39, 0.29) is 0 Å². The van der Waals surface area contributed by atoms with E-state index < -0.39 is 0 Å². The van der Waals surface area contributed by atoms with Gasteiger partial charge in [-0.05, 0) is 33.2 Å². The minimum Gasteiger partial charge on any atom is -0.367 e. The number of nitrogens with zero attached hydrogens (tertiary/aromatic N) is 3. The Labute approximate surface area is 110 Å². The summed E-state index contributed by atoms with van der Waals surface area (Å²) < 4.78 is 0. The number of rotatable bonds is 7. The number of hydrogen-bond donors (Lipinski definition) is 2. The minimum absolute atomic E-state index is 0.418. The van der Waals surface area contributed by atoms with Gasteiger partial charge in [-0.3, -0.25) is 0 Å². The number of anilines is 2. The van der Waals surface area contributed by atoms with Crippen molar-refractivity contribution in [2.75, 3.05) is 30.4 Å². The molecule has 1 heterocycles. The van der Waals surface area contributed by atoms with E-state index in [1.165, 1.54) is 0 Å². The van der Waals surface area contributed by atoms with E-state index in [1.807, 2.05) is 20.0 Å². The normalized spacial score (nSPS) is 12.3. The zero-order valence-corrected chi connectivity index (χ0v) is 11.9. The summed E-state index contributed by atoms with van der Waals surface area (Å²) in [7, 11) is 2.03. The third-order valence-corrected chi connectivity index (χ3v) is 2.92. The minimum atomic E-state index is 0.418. The van der Waals surface area contributed by atoms with Gasteiger partial charge in [-0.1, -0.05) is 6.92 Å². The molecule has 5 heteroatoms. The fourth-order valence-electron chi connectivity index (χ4n) is 1.62. The average molecular weight is 251 g/mol. The average Bonchev–Trinajstić information content (AvgIpc) is 2.34. The summed E-state index contributed by atoms with van der Waals surface area (Å²) in [4.78, 5) is 11.0. The van der Waals surface area contributed by atoms with Crippen molar-refractivity contribution in [3.8, 4) is 0 Å². The van der Waals surface area contributed by atoms with Crippen molar-refractivity contribution in [1.29, 1.82) is 0 Å². The molecule has 0 spiro atoms. The SMILES string of the molecule is CCC(C)Nc1cc(N(C)CCCN)nc(C)n1. The second kappa shape index (κ2) is 7.16. The molecule has 1 atom stereocenters. The Hall–Kier alpha value is -1.36. The van der Waals surface area contributed by atoms with Gasteiger partial charge in [0.1, 0.15) is 17.5 Å². The molecular formula is C13H25N5. The molecule has 0 amide bonds. The molecule has 102 valence electrons. The molecule has 1 aromatic heterocycles. The summed E-state index contributed by atoms with van der Waals surface area (Å²) in [5.41, 5.74) is 5.53. The molecule has 0 fully saturated rings. The van der Waals surface area contributed by atoms with Crippen molar-refractivity contribution in [3.05, 3.63) is 11.9 Å². The van der Waals surface area contributed by atoms with E-state index in [9.17, 15) is 0 Å². The number of hydrogen-bond acceptors (Lipinski definition) is 5. The molecule has 0 saturated heterocycles. The van der Waals surface area contributed by atoms with Gasteiger partial charge in [-0.15, -0.1) is 0 Å². The lowest BCUT2D eigenvalue weighted by molar-refractivity contribution is 0.753. The molecule has 0 radical (unpaired) electrons. The summed E-state index contributed by atoms with van der Waals surface area (Å²) >= 11 is 0. The van der Waals surface area contributed by atoms with E-state index in [2.05, 4.69) is 34.0 Å². The van der Waals surface area contributed by atoms with Gasteiger partial charge in [-0.25, -0.2) is 9.97 Å². The first-order valence-corrected chi connectivity index (χ1v) is 6.60. The highest BCUT2D eigenvalue weighted by molar-refractivity contribution is 5.49. The highest BCUT2D eigenvalue weighted by atomic mass is 15.2. The highest BCUT2D eigenvalue weighted by Crippen LogP contribution is 2.16. The quantitative estimate of drug-likeness (QED) is 0.773. The molecule has 0 aliphatic rings. The molecular weight excluding hydrogens is 226 g/mol. The van der Waals surface area contributed by atoms with Crippen molar-refractivity contribution in [2.24, 2.45) is 5.73 Å². The predicted molar refractivity (Wildman–Crippen MR) is 77.1 cm³/mol. The van der Waals surface area contributed by atoms with E-state index in [0.29, 0.717) is 12.6 Å². The second-order valence-corrected chi connectivity index (χ2v) is 4.68. The molecule has 18 heavy (non-hydrogen) atoms. The lowest BCUT2D eigenvalue weighted by Crippen LogP contribution is -2.23. The van der Waals surface area contributed by atoms with Crippen LogP contribution in [0, 0.1) is 6.92 Å². The van der Waals surface area contributed by atoms with E-state index >= 15 is 0 Å². The highest BCUT2D eigenvalue weighted by Gasteiger charge is 2.07.